The first-order valence-corrected chi connectivity index (χ1v) is 6.78. The van der Waals surface area contributed by atoms with Gasteiger partial charge in [-0.3, -0.25) is 0 Å². The predicted octanol–water partition coefficient (Wildman–Crippen LogP) is 4.55. The minimum atomic E-state index is 0.0972. The van der Waals surface area contributed by atoms with E-state index in [1.54, 1.807) is 18.2 Å². The molecular weight excluding hydrogens is 281 g/mol. The number of hydrogen-bond acceptors (Lipinski definition) is 2. The molecule has 0 fully saturated rings. The molecule has 0 heterocycles. The van der Waals surface area contributed by atoms with Gasteiger partial charge in [0, 0.05) is 12.6 Å². The minimum Gasteiger partial charge on any atom is -0.508 e. The second-order valence-corrected chi connectivity index (χ2v) is 5.20. The Bertz CT molecular complexity index is 555. The summed E-state index contributed by atoms with van der Waals surface area (Å²) in [4.78, 5) is 0. The van der Waals surface area contributed by atoms with Gasteiger partial charge in [-0.25, -0.2) is 0 Å². The van der Waals surface area contributed by atoms with E-state index < -0.39 is 0 Å². The highest BCUT2D eigenvalue weighted by Crippen LogP contribution is 2.29. The number of rotatable bonds is 4. The SMILES string of the molecule is CC(NCc1ccc(O)cc1)c1cccc(Cl)c1Cl. The first-order valence-electron chi connectivity index (χ1n) is 6.03. The minimum absolute atomic E-state index is 0.0972. The normalized spacial score (nSPS) is 12.4. The zero-order valence-corrected chi connectivity index (χ0v) is 12.0. The zero-order chi connectivity index (χ0) is 13.8. The lowest BCUT2D eigenvalue weighted by Gasteiger charge is -2.16. The highest BCUT2D eigenvalue weighted by molar-refractivity contribution is 6.42. The smallest absolute Gasteiger partial charge is 0.115 e. The number of hydrogen-bond donors (Lipinski definition) is 2. The van der Waals surface area contributed by atoms with Crippen LogP contribution in [0.5, 0.6) is 5.75 Å². The molecule has 2 nitrogen and oxygen atoms in total. The van der Waals surface area contributed by atoms with E-state index in [0.29, 0.717) is 16.6 Å². The van der Waals surface area contributed by atoms with E-state index in [9.17, 15) is 5.11 Å². The summed E-state index contributed by atoms with van der Waals surface area (Å²) >= 11 is 12.2. The molecule has 19 heavy (non-hydrogen) atoms. The van der Waals surface area contributed by atoms with Crippen molar-refractivity contribution in [3.8, 4) is 5.75 Å². The summed E-state index contributed by atoms with van der Waals surface area (Å²) in [6.07, 6.45) is 0. The Labute approximate surface area is 123 Å². The molecule has 2 aromatic carbocycles. The highest BCUT2D eigenvalue weighted by Gasteiger charge is 2.11. The molecule has 100 valence electrons. The lowest BCUT2D eigenvalue weighted by molar-refractivity contribution is 0.474. The van der Waals surface area contributed by atoms with Gasteiger partial charge in [0.25, 0.3) is 0 Å². The first kappa shape index (κ1) is 14.2. The van der Waals surface area contributed by atoms with Crippen molar-refractivity contribution in [2.24, 2.45) is 0 Å². The molecule has 0 aliphatic carbocycles. The summed E-state index contributed by atoms with van der Waals surface area (Å²) in [5.41, 5.74) is 2.08. The largest absolute Gasteiger partial charge is 0.508 e. The number of nitrogens with one attached hydrogen (secondary N) is 1. The molecule has 1 atom stereocenters. The Morgan fingerprint density at radius 3 is 2.47 bits per heavy atom. The average molecular weight is 296 g/mol. The number of phenols is 1. The summed E-state index contributed by atoms with van der Waals surface area (Å²) in [5.74, 6) is 0.273. The molecule has 0 aromatic heterocycles. The molecule has 0 spiro atoms. The molecular formula is C15H15Cl2NO. The van der Waals surface area contributed by atoms with Crippen LogP contribution in [0.15, 0.2) is 42.5 Å². The molecule has 0 aliphatic rings. The van der Waals surface area contributed by atoms with Gasteiger partial charge in [0.1, 0.15) is 5.75 Å². The van der Waals surface area contributed by atoms with Gasteiger partial charge in [-0.05, 0) is 36.2 Å². The molecule has 0 aliphatic heterocycles. The quantitative estimate of drug-likeness (QED) is 0.867. The van der Waals surface area contributed by atoms with Crippen molar-refractivity contribution in [1.29, 1.82) is 0 Å². The van der Waals surface area contributed by atoms with E-state index in [-0.39, 0.29) is 11.8 Å². The van der Waals surface area contributed by atoms with Crippen LogP contribution < -0.4 is 5.32 Å². The van der Waals surface area contributed by atoms with Crippen molar-refractivity contribution >= 4 is 23.2 Å². The van der Waals surface area contributed by atoms with Crippen molar-refractivity contribution in [1.82, 2.24) is 5.32 Å². The molecule has 0 amide bonds. The standard InChI is InChI=1S/C15H15Cl2NO/c1-10(13-3-2-4-14(16)15(13)17)18-9-11-5-7-12(19)8-6-11/h2-8,10,18-19H,9H2,1H3. The zero-order valence-electron chi connectivity index (χ0n) is 10.5. The van der Waals surface area contributed by atoms with Gasteiger partial charge in [0.15, 0.2) is 0 Å². The monoisotopic (exact) mass is 295 g/mol. The highest BCUT2D eigenvalue weighted by atomic mass is 35.5. The third-order valence-electron chi connectivity index (χ3n) is 3.00. The van der Waals surface area contributed by atoms with Crippen LogP contribution in [0, 0.1) is 0 Å². The first-order chi connectivity index (χ1) is 9.08. The molecule has 0 saturated carbocycles. The molecule has 4 heteroatoms. The van der Waals surface area contributed by atoms with E-state index in [0.717, 1.165) is 11.1 Å². The van der Waals surface area contributed by atoms with Crippen molar-refractivity contribution in [3.63, 3.8) is 0 Å². The van der Waals surface area contributed by atoms with E-state index in [1.165, 1.54) is 0 Å². The van der Waals surface area contributed by atoms with E-state index in [2.05, 4.69) is 5.32 Å². The van der Waals surface area contributed by atoms with Crippen LogP contribution in [0.3, 0.4) is 0 Å². The van der Waals surface area contributed by atoms with Crippen molar-refractivity contribution in [2.45, 2.75) is 19.5 Å². The van der Waals surface area contributed by atoms with E-state index in [4.69, 9.17) is 23.2 Å². The maximum atomic E-state index is 9.23. The van der Waals surface area contributed by atoms with Crippen LogP contribution in [0.4, 0.5) is 0 Å². The topological polar surface area (TPSA) is 32.3 Å². The molecule has 0 saturated heterocycles. The van der Waals surface area contributed by atoms with Gasteiger partial charge < -0.3 is 10.4 Å². The van der Waals surface area contributed by atoms with Gasteiger partial charge in [0.2, 0.25) is 0 Å². The molecule has 2 N–H and O–H groups in total. The summed E-state index contributed by atoms with van der Waals surface area (Å²) in [6.45, 7) is 2.74. The fourth-order valence-electron chi connectivity index (χ4n) is 1.85. The number of halogens is 2. The Morgan fingerprint density at radius 1 is 1.11 bits per heavy atom. The van der Waals surface area contributed by atoms with Gasteiger partial charge in [0.05, 0.1) is 10.0 Å². The Balaban J connectivity index is 2.03. The second kappa shape index (κ2) is 6.29. The third kappa shape index (κ3) is 3.63. The molecule has 2 aromatic rings. The van der Waals surface area contributed by atoms with Crippen LogP contribution >= 0.6 is 23.2 Å². The lowest BCUT2D eigenvalue weighted by atomic mass is 10.1. The van der Waals surface area contributed by atoms with Crippen molar-refractivity contribution < 1.29 is 5.11 Å². The van der Waals surface area contributed by atoms with Crippen molar-refractivity contribution in [3.05, 3.63) is 63.6 Å². The van der Waals surface area contributed by atoms with Crippen LogP contribution in [-0.2, 0) is 6.54 Å². The fraction of sp³-hybridized carbons (Fsp3) is 0.200. The summed E-state index contributed by atoms with van der Waals surface area (Å²) in [7, 11) is 0. The molecule has 2 rings (SSSR count). The molecule has 1 unspecified atom stereocenters. The second-order valence-electron chi connectivity index (χ2n) is 4.41. The van der Waals surface area contributed by atoms with Crippen LogP contribution in [0.25, 0.3) is 0 Å². The van der Waals surface area contributed by atoms with Gasteiger partial charge in [-0.15, -0.1) is 0 Å². The van der Waals surface area contributed by atoms with Crippen LogP contribution in [-0.4, -0.2) is 5.11 Å². The van der Waals surface area contributed by atoms with Gasteiger partial charge >= 0.3 is 0 Å². The predicted molar refractivity (Wildman–Crippen MR) is 79.8 cm³/mol. The maximum Gasteiger partial charge on any atom is 0.115 e. The van der Waals surface area contributed by atoms with E-state index in [1.807, 2.05) is 31.2 Å². The summed E-state index contributed by atoms with van der Waals surface area (Å²) in [5, 5.41) is 13.8. The lowest BCUT2D eigenvalue weighted by Crippen LogP contribution is -2.18. The fourth-order valence-corrected chi connectivity index (χ4v) is 2.32. The summed E-state index contributed by atoms with van der Waals surface area (Å²) in [6, 6.07) is 12.8. The number of phenolic OH excluding ortho intramolecular Hbond substituents is 1. The number of aromatic hydroxyl groups is 1. The van der Waals surface area contributed by atoms with Gasteiger partial charge in [-0.1, -0.05) is 47.5 Å². The Hall–Kier alpha value is -1.22. The number of benzene rings is 2. The Kier molecular flexibility index (Phi) is 4.70. The van der Waals surface area contributed by atoms with Crippen molar-refractivity contribution in [2.75, 3.05) is 0 Å². The Morgan fingerprint density at radius 2 is 1.79 bits per heavy atom. The summed E-state index contributed by atoms with van der Waals surface area (Å²) < 4.78 is 0. The van der Waals surface area contributed by atoms with Crippen LogP contribution in [0.1, 0.15) is 24.1 Å². The average Bonchev–Trinajstić information content (AvgIpc) is 2.41. The van der Waals surface area contributed by atoms with Gasteiger partial charge in [-0.2, -0.15) is 0 Å². The van der Waals surface area contributed by atoms with E-state index >= 15 is 0 Å². The van der Waals surface area contributed by atoms with Crippen LogP contribution in [0.2, 0.25) is 10.0 Å². The third-order valence-corrected chi connectivity index (χ3v) is 3.83. The maximum absolute atomic E-state index is 9.23. The molecule has 0 bridgehead atoms. The molecule has 0 radical (unpaired) electrons.